The average Bonchev–Trinajstić information content (AvgIpc) is 2.07. The minimum atomic E-state index is -0.209. The van der Waals surface area contributed by atoms with Crippen LogP contribution in [0.5, 0.6) is 0 Å². The van der Waals surface area contributed by atoms with E-state index in [1.54, 1.807) is 6.07 Å². The van der Waals surface area contributed by atoms with Crippen molar-refractivity contribution in [2.75, 3.05) is 0 Å². The molecular formula is C10H13F. The van der Waals surface area contributed by atoms with Gasteiger partial charge in [0.25, 0.3) is 0 Å². The first-order chi connectivity index (χ1) is 5.77. The number of hydrogen-bond donors (Lipinski definition) is 0. The Morgan fingerprint density at radius 3 is 3.00 bits per heavy atom. The van der Waals surface area contributed by atoms with Gasteiger partial charge in [-0.1, -0.05) is 26.0 Å². The van der Waals surface area contributed by atoms with Crippen molar-refractivity contribution in [2.24, 2.45) is 0 Å². The summed E-state index contributed by atoms with van der Waals surface area (Å²) in [5, 5.41) is 0. The Morgan fingerprint density at radius 2 is 2.45 bits per heavy atom. The van der Waals surface area contributed by atoms with Crippen molar-refractivity contribution in [1.82, 2.24) is 0 Å². The summed E-state index contributed by atoms with van der Waals surface area (Å²) in [4.78, 5) is 0. The van der Waals surface area contributed by atoms with Crippen molar-refractivity contribution < 1.29 is 5.76 Å². The Kier molecular flexibility index (Phi) is 2.18. The Labute approximate surface area is 68.5 Å². The topological polar surface area (TPSA) is 0 Å². The Balaban J connectivity index is 2.85. The summed E-state index contributed by atoms with van der Waals surface area (Å²) < 4.78 is 20.0. The zero-order valence-corrected chi connectivity index (χ0v) is 6.68. The molecule has 0 nitrogen and oxygen atoms in total. The molecule has 0 spiro atoms. The van der Waals surface area contributed by atoms with Crippen LogP contribution in [0.15, 0.2) is 24.3 Å². The number of hydrogen-bond acceptors (Lipinski definition) is 0. The molecule has 0 fully saturated rings. The predicted molar refractivity (Wildman–Crippen MR) is 45.1 cm³/mol. The first-order valence-electron chi connectivity index (χ1n) is 4.53. The molecule has 60 valence electrons. The maximum atomic E-state index is 12.7. The van der Waals surface area contributed by atoms with Crippen molar-refractivity contribution in [1.29, 1.82) is 0 Å². The minimum Gasteiger partial charge on any atom is -0.207 e. The molecule has 11 heavy (non-hydrogen) atoms. The second-order valence-electron chi connectivity index (χ2n) is 2.66. The summed E-state index contributed by atoms with van der Waals surface area (Å²) in [7, 11) is 0. The molecule has 0 aliphatic carbocycles. The van der Waals surface area contributed by atoms with Gasteiger partial charge in [-0.15, -0.1) is 0 Å². The monoisotopic (exact) mass is 153 g/mol. The molecule has 0 bridgehead atoms. The van der Waals surface area contributed by atoms with E-state index in [9.17, 15) is 4.39 Å². The normalized spacial score (nSPS) is 14.2. The van der Waals surface area contributed by atoms with Crippen LogP contribution in [-0.2, 0) is 0 Å². The van der Waals surface area contributed by atoms with E-state index in [-0.39, 0.29) is 11.7 Å². The second kappa shape index (κ2) is 3.51. The van der Waals surface area contributed by atoms with Crippen LogP contribution in [0.1, 0.15) is 33.1 Å². The molecule has 0 saturated carbocycles. The van der Waals surface area contributed by atoms with Crippen molar-refractivity contribution in [3.05, 3.63) is 35.6 Å². The molecule has 0 aromatic heterocycles. The molecule has 0 heterocycles. The first-order valence-corrected chi connectivity index (χ1v) is 3.82. The molecule has 0 aliphatic rings. The van der Waals surface area contributed by atoms with Crippen LogP contribution in [0.3, 0.4) is 0 Å². The minimum absolute atomic E-state index is 0.181. The maximum Gasteiger partial charge on any atom is 0.123 e. The van der Waals surface area contributed by atoms with Crippen LogP contribution in [0.2, 0.25) is 0 Å². The molecule has 0 saturated heterocycles. The van der Waals surface area contributed by atoms with E-state index < -0.39 is 0 Å². The van der Waals surface area contributed by atoms with Gasteiger partial charge in [0.1, 0.15) is 5.82 Å². The molecule has 0 N–H and O–H groups in total. The molecule has 1 heteroatoms. The molecule has 1 unspecified atom stereocenters. The fourth-order valence-electron chi connectivity index (χ4n) is 0.996. The SMILES string of the molecule is [2H]CC(CC)c1cccc(F)c1. The van der Waals surface area contributed by atoms with Gasteiger partial charge < -0.3 is 0 Å². The second-order valence-corrected chi connectivity index (χ2v) is 2.66. The molecule has 0 amide bonds. The van der Waals surface area contributed by atoms with Crippen LogP contribution >= 0.6 is 0 Å². The molecule has 1 aromatic carbocycles. The first kappa shape index (κ1) is 6.84. The number of benzene rings is 1. The van der Waals surface area contributed by atoms with Gasteiger partial charge >= 0.3 is 0 Å². The van der Waals surface area contributed by atoms with E-state index in [2.05, 4.69) is 0 Å². The fraction of sp³-hybridized carbons (Fsp3) is 0.400. The van der Waals surface area contributed by atoms with E-state index in [1.165, 1.54) is 12.1 Å². The van der Waals surface area contributed by atoms with Gasteiger partial charge in [-0.05, 0) is 30.0 Å². The van der Waals surface area contributed by atoms with Gasteiger partial charge in [0.2, 0.25) is 0 Å². The molecule has 1 atom stereocenters. The Morgan fingerprint density at radius 1 is 1.64 bits per heavy atom. The molecule has 1 aromatic rings. The highest BCUT2D eigenvalue weighted by molar-refractivity contribution is 5.19. The number of halogens is 1. The highest BCUT2D eigenvalue weighted by Gasteiger charge is 2.02. The third kappa shape index (κ3) is 2.04. The van der Waals surface area contributed by atoms with E-state index in [4.69, 9.17) is 1.37 Å². The highest BCUT2D eigenvalue weighted by Crippen LogP contribution is 2.18. The van der Waals surface area contributed by atoms with Crippen LogP contribution in [0.4, 0.5) is 4.39 Å². The Bertz CT molecular complexity index is 243. The van der Waals surface area contributed by atoms with Gasteiger partial charge in [-0.3, -0.25) is 0 Å². The summed E-state index contributed by atoms with van der Waals surface area (Å²) in [6.45, 7) is 2.35. The third-order valence-corrected chi connectivity index (χ3v) is 1.81. The van der Waals surface area contributed by atoms with Crippen molar-refractivity contribution in [3.8, 4) is 0 Å². The van der Waals surface area contributed by atoms with Crippen molar-refractivity contribution in [3.63, 3.8) is 0 Å². The van der Waals surface area contributed by atoms with Crippen molar-refractivity contribution >= 4 is 0 Å². The summed E-state index contributed by atoms with van der Waals surface area (Å²) in [6.07, 6.45) is 0.896. The maximum absolute atomic E-state index is 12.7. The fourth-order valence-corrected chi connectivity index (χ4v) is 0.996. The molecule has 0 radical (unpaired) electrons. The van der Waals surface area contributed by atoms with Gasteiger partial charge in [0, 0.05) is 1.37 Å². The highest BCUT2D eigenvalue weighted by atomic mass is 19.1. The molecule has 1 rings (SSSR count). The summed E-state index contributed by atoms with van der Waals surface area (Å²) in [6, 6.07) is 6.53. The summed E-state index contributed by atoms with van der Waals surface area (Å²) in [5.41, 5.74) is 0.938. The lowest BCUT2D eigenvalue weighted by atomic mass is 9.99. The number of rotatable bonds is 2. The van der Waals surface area contributed by atoms with Crippen LogP contribution in [0, 0.1) is 5.82 Å². The average molecular weight is 153 g/mol. The van der Waals surface area contributed by atoms with E-state index in [1.807, 2.05) is 13.0 Å². The quantitative estimate of drug-likeness (QED) is 0.611. The predicted octanol–water partition coefficient (Wildman–Crippen LogP) is 3.34. The Hall–Kier alpha value is -0.850. The van der Waals surface area contributed by atoms with E-state index >= 15 is 0 Å². The van der Waals surface area contributed by atoms with Crippen LogP contribution in [0.25, 0.3) is 0 Å². The van der Waals surface area contributed by atoms with Crippen LogP contribution in [-0.4, -0.2) is 0 Å². The van der Waals surface area contributed by atoms with Gasteiger partial charge in [-0.25, -0.2) is 4.39 Å². The van der Waals surface area contributed by atoms with E-state index in [0.29, 0.717) is 6.90 Å². The van der Waals surface area contributed by atoms with E-state index in [0.717, 1.165) is 12.0 Å². The molecule has 0 aliphatic heterocycles. The summed E-state index contributed by atoms with van der Waals surface area (Å²) in [5.74, 6) is -0.0277. The zero-order chi connectivity index (χ0) is 8.97. The van der Waals surface area contributed by atoms with Gasteiger partial charge in [-0.2, -0.15) is 0 Å². The smallest absolute Gasteiger partial charge is 0.123 e. The lowest BCUT2D eigenvalue weighted by Gasteiger charge is -2.07. The van der Waals surface area contributed by atoms with Gasteiger partial charge in [0.15, 0.2) is 0 Å². The summed E-state index contributed by atoms with van der Waals surface area (Å²) >= 11 is 0. The van der Waals surface area contributed by atoms with Gasteiger partial charge in [0.05, 0.1) is 0 Å². The largest absolute Gasteiger partial charge is 0.207 e. The molecular weight excluding hydrogens is 139 g/mol. The van der Waals surface area contributed by atoms with Crippen molar-refractivity contribution in [2.45, 2.75) is 26.2 Å². The lowest BCUT2D eigenvalue weighted by molar-refractivity contribution is 0.619. The zero-order valence-electron chi connectivity index (χ0n) is 7.68. The standard InChI is InChI=1S/C10H13F/c1-3-8(2)9-5-4-6-10(11)7-9/h4-8H,3H2,1-2H3/i2D. The third-order valence-electron chi connectivity index (χ3n) is 1.81. The van der Waals surface area contributed by atoms with Crippen LogP contribution < -0.4 is 0 Å². The lowest BCUT2D eigenvalue weighted by Crippen LogP contribution is -1.90.